The van der Waals surface area contributed by atoms with Crippen molar-refractivity contribution in [2.24, 2.45) is 0 Å². The van der Waals surface area contributed by atoms with Crippen LogP contribution in [0.15, 0.2) is 42.5 Å². The van der Waals surface area contributed by atoms with E-state index in [-0.39, 0.29) is 0 Å². The van der Waals surface area contributed by atoms with Crippen molar-refractivity contribution in [1.29, 1.82) is 5.26 Å². The van der Waals surface area contributed by atoms with Gasteiger partial charge in [0, 0.05) is 5.56 Å². The second-order valence-corrected chi connectivity index (χ2v) is 3.44. The predicted molar refractivity (Wildman–Crippen MR) is 63.4 cm³/mol. The topological polar surface area (TPSA) is 62.7 Å². The monoisotopic (exact) mass is 209 g/mol. The number of nitrogens with zero attached hydrogens (tertiary/aromatic N) is 2. The third-order valence-electron chi connectivity index (χ3n) is 2.29. The molecule has 0 atom stereocenters. The molecule has 1 heterocycles. The fraction of sp³-hybridized carbons (Fsp3) is 0.0769. The van der Waals surface area contributed by atoms with Crippen molar-refractivity contribution in [3.63, 3.8) is 0 Å². The lowest BCUT2D eigenvalue weighted by Crippen LogP contribution is -1.97. The molecule has 3 heteroatoms. The Labute approximate surface area is 94.2 Å². The Kier molecular flexibility index (Phi) is 2.84. The fourth-order valence-corrected chi connectivity index (χ4v) is 1.52. The minimum Gasteiger partial charge on any atom is -0.397 e. The summed E-state index contributed by atoms with van der Waals surface area (Å²) in [5.41, 5.74) is 8.97. The van der Waals surface area contributed by atoms with E-state index in [2.05, 4.69) is 11.1 Å². The molecule has 1 aromatic carbocycles. The van der Waals surface area contributed by atoms with Crippen LogP contribution in [-0.2, 0) is 6.42 Å². The maximum absolute atomic E-state index is 8.63. The molecule has 0 radical (unpaired) electrons. The van der Waals surface area contributed by atoms with E-state index in [9.17, 15) is 0 Å². The Balaban J connectivity index is 2.48. The zero-order valence-corrected chi connectivity index (χ0v) is 8.72. The summed E-state index contributed by atoms with van der Waals surface area (Å²) in [6, 6.07) is 15.4. The van der Waals surface area contributed by atoms with Crippen LogP contribution in [-0.4, -0.2) is 4.98 Å². The van der Waals surface area contributed by atoms with Crippen LogP contribution in [0.3, 0.4) is 0 Å². The van der Waals surface area contributed by atoms with Gasteiger partial charge in [0.05, 0.1) is 29.6 Å². The summed E-state index contributed by atoms with van der Waals surface area (Å²) >= 11 is 0. The van der Waals surface area contributed by atoms with Crippen LogP contribution in [0.25, 0.3) is 11.3 Å². The summed E-state index contributed by atoms with van der Waals surface area (Å²) in [5.74, 6) is 0. The molecule has 16 heavy (non-hydrogen) atoms. The molecule has 3 nitrogen and oxygen atoms in total. The molecule has 0 aliphatic rings. The zero-order chi connectivity index (χ0) is 11.4. The van der Waals surface area contributed by atoms with Crippen molar-refractivity contribution >= 4 is 5.69 Å². The van der Waals surface area contributed by atoms with Crippen molar-refractivity contribution in [3.05, 3.63) is 48.2 Å². The van der Waals surface area contributed by atoms with Gasteiger partial charge in [-0.05, 0) is 12.1 Å². The summed E-state index contributed by atoms with van der Waals surface area (Å²) in [6.07, 6.45) is 0.306. The van der Waals surface area contributed by atoms with Gasteiger partial charge >= 0.3 is 0 Å². The molecule has 0 saturated heterocycles. The Morgan fingerprint density at radius 1 is 1.12 bits per heavy atom. The van der Waals surface area contributed by atoms with E-state index in [1.165, 1.54) is 0 Å². The lowest BCUT2D eigenvalue weighted by molar-refractivity contribution is 1.12. The van der Waals surface area contributed by atoms with E-state index < -0.39 is 0 Å². The molecular formula is C13H11N3. The number of nitrogens with two attached hydrogens (primary N) is 1. The van der Waals surface area contributed by atoms with Crippen molar-refractivity contribution in [1.82, 2.24) is 4.98 Å². The van der Waals surface area contributed by atoms with E-state index in [1.54, 1.807) is 12.1 Å². The lowest BCUT2D eigenvalue weighted by Gasteiger charge is -2.06. The number of anilines is 1. The van der Waals surface area contributed by atoms with Crippen LogP contribution in [0.4, 0.5) is 5.69 Å². The first-order valence-electron chi connectivity index (χ1n) is 4.99. The van der Waals surface area contributed by atoms with Crippen molar-refractivity contribution in [3.8, 4) is 17.3 Å². The SMILES string of the molecule is N#CCc1ccc(N)c(-c2ccccc2)n1. The average Bonchev–Trinajstić information content (AvgIpc) is 2.33. The number of rotatable bonds is 2. The molecule has 2 rings (SSSR count). The zero-order valence-electron chi connectivity index (χ0n) is 8.72. The molecule has 0 aliphatic heterocycles. The minimum absolute atomic E-state index is 0.306. The Hall–Kier alpha value is -2.34. The van der Waals surface area contributed by atoms with Gasteiger partial charge in [-0.1, -0.05) is 30.3 Å². The third-order valence-corrected chi connectivity index (χ3v) is 2.29. The highest BCUT2D eigenvalue weighted by atomic mass is 14.8. The molecule has 0 spiro atoms. The van der Waals surface area contributed by atoms with Gasteiger partial charge < -0.3 is 5.73 Å². The molecule has 1 aromatic heterocycles. The number of benzene rings is 1. The largest absolute Gasteiger partial charge is 0.397 e. The Morgan fingerprint density at radius 2 is 1.88 bits per heavy atom. The minimum atomic E-state index is 0.306. The van der Waals surface area contributed by atoms with Crippen LogP contribution in [0.5, 0.6) is 0 Å². The summed E-state index contributed by atoms with van der Waals surface area (Å²) < 4.78 is 0. The fourth-order valence-electron chi connectivity index (χ4n) is 1.52. The normalized spacial score (nSPS) is 9.69. The summed E-state index contributed by atoms with van der Waals surface area (Å²) in [6.45, 7) is 0. The van der Waals surface area contributed by atoms with E-state index in [1.807, 2.05) is 30.3 Å². The average molecular weight is 209 g/mol. The Bertz CT molecular complexity index is 527. The quantitative estimate of drug-likeness (QED) is 0.826. The van der Waals surface area contributed by atoms with Crippen LogP contribution in [0.2, 0.25) is 0 Å². The highest BCUT2D eigenvalue weighted by Gasteiger charge is 2.05. The van der Waals surface area contributed by atoms with E-state index >= 15 is 0 Å². The lowest BCUT2D eigenvalue weighted by atomic mass is 10.1. The summed E-state index contributed by atoms with van der Waals surface area (Å²) in [5, 5.41) is 8.63. The molecule has 2 N–H and O–H groups in total. The van der Waals surface area contributed by atoms with E-state index in [0.717, 1.165) is 17.0 Å². The first-order valence-corrected chi connectivity index (χ1v) is 4.99. The van der Waals surface area contributed by atoms with Gasteiger partial charge in [-0.3, -0.25) is 0 Å². The third kappa shape index (κ3) is 2.01. The molecule has 0 bridgehead atoms. The summed E-state index contributed by atoms with van der Waals surface area (Å²) in [7, 11) is 0. The number of nitrogen functional groups attached to an aromatic ring is 1. The standard InChI is InChI=1S/C13H11N3/c14-9-8-11-6-7-12(15)13(16-11)10-4-2-1-3-5-10/h1-7H,8,15H2. The van der Waals surface area contributed by atoms with Gasteiger partial charge in [-0.25, -0.2) is 4.98 Å². The van der Waals surface area contributed by atoms with Crippen LogP contribution in [0.1, 0.15) is 5.69 Å². The molecule has 0 unspecified atom stereocenters. The predicted octanol–water partition coefficient (Wildman–Crippen LogP) is 2.40. The molecule has 0 aliphatic carbocycles. The Morgan fingerprint density at radius 3 is 2.56 bits per heavy atom. The van der Waals surface area contributed by atoms with Crippen molar-refractivity contribution in [2.45, 2.75) is 6.42 Å². The second-order valence-electron chi connectivity index (χ2n) is 3.44. The van der Waals surface area contributed by atoms with E-state index in [4.69, 9.17) is 11.0 Å². The number of aromatic nitrogens is 1. The van der Waals surface area contributed by atoms with Crippen LogP contribution in [0, 0.1) is 11.3 Å². The number of pyridine rings is 1. The van der Waals surface area contributed by atoms with Gasteiger partial charge in [-0.15, -0.1) is 0 Å². The van der Waals surface area contributed by atoms with Gasteiger partial charge in [-0.2, -0.15) is 5.26 Å². The van der Waals surface area contributed by atoms with E-state index in [0.29, 0.717) is 12.1 Å². The second kappa shape index (κ2) is 4.45. The van der Waals surface area contributed by atoms with Gasteiger partial charge in [0.25, 0.3) is 0 Å². The number of nitriles is 1. The van der Waals surface area contributed by atoms with Crippen molar-refractivity contribution in [2.75, 3.05) is 5.73 Å². The molecule has 2 aromatic rings. The molecular weight excluding hydrogens is 198 g/mol. The highest BCUT2D eigenvalue weighted by molar-refractivity contribution is 5.72. The molecule has 0 saturated carbocycles. The van der Waals surface area contributed by atoms with Gasteiger partial charge in [0.15, 0.2) is 0 Å². The number of hydrogen-bond acceptors (Lipinski definition) is 3. The van der Waals surface area contributed by atoms with Crippen LogP contribution >= 0.6 is 0 Å². The maximum atomic E-state index is 8.63. The maximum Gasteiger partial charge on any atom is 0.0934 e. The van der Waals surface area contributed by atoms with Gasteiger partial charge in [0.2, 0.25) is 0 Å². The molecule has 0 amide bonds. The van der Waals surface area contributed by atoms with Crippen molar-refractivity contribution < 1.29 is 0 Å². The molecule has 0 fully saturated rings. The molecule has 78 valence electrons. The first-order chi connectivity index (χ1) is 7.81. The smallest absolute Gasteiger partial charge is 0.0934 e. The number of hydrogen-bond donors (Lipinski definition) is 1. The van der Waals surface area contributed by atoms with Crippen LogP contribution < -0.4 is 5.73 Å². The first kappa shape index (κ1) is 10.2. The summed E-state index contributed by atoms with van der Waals surface area (Å²) in [4.78, 5) is 4.38. The highest BCUT2D eigenvalue weighted by Crippen LogP contribution is 2.23. The van der Waals surface area contributed by atoms with Gasteiger partial charge in [0.1, 0.15) is 0 Å².